The number of hydrogen-bond acceptors (Lipinski definition) is 2. The summed E-state index contributed by atoms with van der Waals surface area (Å²) >= 11 is 3.21. The number of rotatable bonds is 3. The maximum Gasteiger partial charge on any atom is 0.312 e. The third-order valence-electron chi connectivity index (χ3n) is 4.48. The molecular weight excluding hydrogens is 351 g/mol. The van der Waals surface area contributed by atoms with E-state index in [0.717, 1.165) is 25.7 Å². The Balaban J connectivity index is 1.69. The van der Waals surface area contributed by atoms with Gasteiger partial charge >= 0.3 is 11.8 Å². The molecule has 4 nitrogen and oxygen atoms in total. The summed E-state index contributed by atoms with van der Waals surface area (Å²) < 4.78 is 14.5. The molecule has 1 aromatic rings. The predicted octanol–water partition coefficient (Wildman–Crippen LogP) is 2.70. The Morgan fingerprint density at radius 2 is 1.86 bits per heavy atom. The van der Waals surface area contributed by atoms with Crippen molar-refractivity contribution >= 4 is 27.7 Å². The third-order valence-corrected chi connectivity index (χ3v) is 4.98. The summed E-state index contributed by atoms with van der Waals surface area (Å²) in [5.41, 5.74) is 0.429. The first-order chi connectivity index (χ1) is 10.6. The van der Waals surface area contributed by atoms with Gasteiger partial charge in [-0.1, -0.05) is 34.8 Å². The zero-order valence-corrected chi connectivity index (χ0v) is 13.8. The first-order valence-electron chi connectivity index (χ1n) is 7.60. The second kappa shape index (κ2) is 6.36. The highest BCUT2D eigenvalue weighted by Crippen LogP contribution is 2.26. The highest BCUT2D eigenvalue weighted by molar-refractivity contribution is 9.10. The maximum atomic E-state index is 13.9. The summed E-state index contributed by atoms with van der Waals surface area (Å²) in [6.45, 7) is 1.16. The smallest absolute Gasteiger partial charge is 0.312 e. The van der Waals surface area contributed by atoms with Gasteiger partial charge in [-0.25, -0.2) is 4.39 Å². The van der Waals surface area contributed by atoms with Crippen molar-refractivity contribution in [2.24, 2.45) is 0 Å². The summed E-state index contributed by atoms with van der Waals surface area (Å²) in [7, 11) is 0. The topological polar surface area (TPSA) is 40.6 Å². The molecule has 2 aliphatic rings. The van der Waals surface area contributed by atoms with E-state index in [0.29, 0.717) is 23.1 Å². The third kappa shape index (κ3) is 3.02. The summed E-state index contributed by atoms with van der Waals surface area (Å²) in [6.07, 6.45) is 4.22. The SMILES string of the molecule is O=C1C(=O)N(C2CCCC2)CCN1Cc1ccc(Br)cc1F. The highest BCUT2D eigenvalue weighted by atomic mass is 79.9. The van der Waals surface area contributed by atoms with Crippen LogP contribution in [0.5, 0.6) is 0 Å². The zero-order valence-electron chi connectivity index (χ0n) is 12.2. The van der Waals surface area contributed by atoms with Gasteiger partial charge in [0.1, 0.15) is 5.82 Å². The summed E-state index contributed by atoms with van der Waals surface area (Å²) in [5, 5.41) is 0. The number of piperazine rings is 1. The van der Waals surface area contributed by atoms with Gasteiger partial charge < -0.3 is 9.80 Å². The standard InChI is InChI=1S/C16H18BrFN2O2/c17-12-6-5-11(14(18)9-12)10-19-7-8-20(16(22)15(19)21)13-3-1-2-4-13/h5-6,9,13H,1-4,7-8,10H2. The van der Waals surface area contributed by atoms with Crippen LogP contribution in [0.15, 0.2) is 22.7 Å². The van der Waals surface area contributed by atoms with Crippen LogP contribution in [0.25, 0.3) is 0 Å². The second-order valence-corrected chi connectivity index (χ2v) is 6.81. The lowest BCUT2D eigenvalue weighted by Gasteiger charge is -2.37. The molecular formula is C16H18BrFN2O2. The van der Waals surface area contributed by atoms with E-state index >= 15 is 0 Å². The molecule has 1 aliphatic heterocycles. The molecule has 1 aromatic carbocycles. The van der Waals surface area contributed by atoms with Crippen molar-refractivity contribution in [3.63, 3.8) is 0 Å². The van der Waals surface area contributed by atoms with E-state index in [2.05, 4.69) is 15.9 Å². The van der Waals surface area contributed by atoms with E-state index in [9.17, 15) is 14.0 Å². The average Bonchev–Trinajstić information content (AvgIpc) is 3.00. The van der Waals surface area contributed by atoms with Gasteiger partial charge in [-0.05, 0) is 25.0 Å². The van der Waals surface area contributed by atoms with E-state index in [1.54, 1.807) is 17.0 Å². The number of carbonyl (C=O) groups is 2. The fourth-order valence-electron chi connectivity index (χ4n) is 3.26. The Hall–Kier alpha value is -1.43. The maximum absolute atomic E-state index is 13.9. The molecule has 1 aliphatic carbocycles. The molecule has 118 valence electrons. The number of halogens is 2. The van der Waals surface area contributed by atoms with Crippen molar-refractivity contribution in [1.82, 2.24) is 9.80 Å². The molecule has 0 bridgehead atoms. The fraction of sp³-hybridized carbons (Fsp3) is 0.500. The average molecular weight is 369 g/mol. The van der Waals surface area contributed by atoms with Crippen LogP contribution < -0.4 is 0 Å². The zero-order chi connectivity index (χ0) is 15.7. The molecule has 3 rings (SSSR count). The molecule has 2 amide bonds. The normalized spacial score (nSPS) is 20.1. The van der Waals surface area contributed by atoms with Gasteiger partial charge in [0.25, 0.3) is 0 Å². The van der Waals surface area contributed by atoms with Gasteiger partial charge in [0.2, 0.25) is 0 Å². The van der Waals surface area contributed by atoms with Crippen molar-refractivity contribution in [2.45, 2.75) is 38.3 Å². The molecule has 22 heavy (non-hydrogen) atoms. The minimum atomic E-state index is -0.513. The van der Waals surface area contributed by atoms with E-state index < -0.39 is 11.8 Å². The Morgan fingerprint density at radius 3 is 2.55 bits per heavy atom. The number of nitrogens with zero attached hydrogens (tertiary/aromatic N) is 2. The Bertz CT molecular complexity index is 602. The number of benzene rings is 1. The van der Waals surface area contributed by atoms with Gasteiger partial charge in [0, 0.05) is 35.7 Å². The molecule has 2 fully saturated rings. The fourth-order valence-corrected chi connectivity index (χ4v) is 3.59. The van der Waals surface area contributed by atoms with Crippen LogP contribution in [0.2, 0.25) is 0 Å². The molecule has 0 aromatic heterocycles. The first kappa shape index (κ1) is 15.5. The molecule has 0 unspecified atom stereocenters. The predicted molar refractivity (Wildman–Crippen MR) is 83.5 cm³/mol. The van der Waals surface area contributed by atoms with Crippen LogP contribution in [-0.4, -0.2) is 40.7 Å². The minimum absolute atomic E-state index is 0.141. The largest absolute Gasteiger partial charge is 0.330 e. The quantitative estimate of drug-likeness (QED) is 0.769. The van der Waals surface area contributed by atoms with Crippen molar-refractivity contribution in [1.29, 1.82) is 0 Å². The van der Waals surface area contributed by atoms with Crippen LogP contribution in [0.3, 0.4) is 0 Å². The lowest BCUT2D eigenvalue weighted by atomic mass is 10.1. The van der Waals surface area contributed by atoms with Crippen molar-refractivity contribution in [3.8, 4) is 0 Å². The minimum Gasteiger partial charge on any atom is -0.330 e. The van der Waals surface area contributed by atoms with Gasteiger partial charge in [-0.3, -0.25) is 9.59 Å². The Morgan fingerprint density at radius 1 is 1.14 bits per heavy atom. The second-order valence-electron chi connectivity index (χ2n) is 5.90. The highest BCUT2D eigenvalue weighted by Gasteiger charge is 2.37. The van der Waals surface area contributed by atoms with Crippen molar-refractivity contribution in [3.05, 3.63) is 34.1 Å². The molecule has 0 spiro atoms. The van der Waals surface area contributed by atoms with Gasteiger partial charge in [-0.15, -0.1) is 0 Å². The van der Waals surface area contributed by atoms with Crippen LogP contribution in [0.4, 0.5) is 4.39 Å². The molecule has 0 N–H and O–H groups in total. The van der Waals surface area contributed by atoms with Crippen molar-refractivity contribution < 1.29 is 14.0 Å². The first-order valence-corrected chi connectivity index (χ1v) is 8.39. The van der Waals surface area contributed by atoms with E-state index in [-0.39, 0.29) is 18.4 Å². The van der Waals surface area contributed by atoms with Crippen LogP contribution in [-0.2, 0) is 16.1 Å². The molecule has 0 radical (unpaired) electrons. The lowest BCUT2D eigenvalue weighted by Crippen LogP contribution is -2.56. The number of hydrogen-bond donors (Lipinski definition) is 0. The van der Waals surface area contributed by atoms with Crippen LogP contribution >= 0.6 is 15.9 Å². The summed E-state index contributed by atoms with van der Waals surface area (Å²) in [4.78, 5) is 27.7. The Kier molecular flexibility index (Phi) is 4.47. The van der Waals surface area contributed by atoms with Gasteiger partial charge in [0.15, 0.2) is 0 Å². The van der Waals surface area contributed by atoms with E-state index in [1.165, 1.54) is 11.0 Å². The van der Waals surface area contributed by atoms with Crippen LogP contribution in [0.1, 0.15) is 31.2 Å². The van der Waals surface area contributed by atoms with E-state index in [4.69, 9.17) is 0 Å². The molecule has 1 heterocycles. The lowest BCUT2D eigenvalue weighted by molar-refractivity contribution is -0.158. The summed E-state index contributed by atoms with van der Waals surface area (Å²) in [6, 6.07) is 4.96. The van der Waals surface area contributed by atoms with Crippen LogP contribution in [0, 0.1) is 5.82 Å². The number of carbonyl (C=O) groups excluding carboxylic acids is 2. The van der Waals surface area contributed by atoms with Gasteiger partial charge in [-0.2, -0.15) is 0 Å². The molecule has 0 atom stereocenters. The van der Waals surface area contributed by atoms with E-state index in [1.807, 2.05) is 0 Å². The molecule has 1 saturated heterocycles. The Labute approximate surface area is 137 Å². The van der Waals surface area contributed by atoms with Crippen molar-refractivity contribution in [2.75, 3.05) is 13.1 Å². The molecule has 1 saturated carbocycles. The van der Waals surface area contributed by atoms with Gasteiger partial charge in [0.05, 0.1) is 0 Å². The monoisotopic (exact) mass is 368 g/mol. The summed E-state index contributed by atoms with van der Waals surface area (Å²) in [5.74, 6) is -1.32. The molecule has 6 heteroatoms. The number of amides is 2.